The van der Waals surface area contributed by atoms with Gasteiger partial charge in [-0.15, -0.1) is 0 Å². The smallest absolute Gasteiger partial charge is 0.162 e. The predicted molar refractivity (Wildman–Crippen MR) is 141 cm³/mol. The van der Waals surface area contributed by atoms with Crippen molar-refractivity contribution in [3.63, 3.8) is 0 Å². The molecule has 0 aliphatic heterocycles. The Morgan fingerprint density at radius 3 is 2.69 bits per heavy atom. The Labute approximate surface area is 218 Å². The van der Waals surface area contributed by atoms with Crippen LogP contribution >= 0.6 is 0 Å². The van der Waals surface area contributed by atoms with Crippen molar-refractivity contribution in [3.05, 3.63) is 29.7 Å². The van der Waals surface area contributed by atoms with Crippen molar-refractivity contribution in [1.82, 2.24) is 5.16 Å². The second-order valence-corrected chi connectivity index (χ2v) is 13.9. The molecule has 4 aliphatic carbocycles. The van der Waals surface area contributed by atoms with E-state index in [4.69, 9.17) is 9.26 Å². The van der Waals surface area contributed by atoms with Gasteiger partial charge in [0.15, 0.2) is 5.76 Å². The maximum atomic E-state index is 11.4. The van der Waals surface area contributed by atoms with E-state index in [2.05, 4.69) is 32.0 Å². The van der Waals surface area contributed by atoms with Crippen LogP contribution in [0.2, 0.25) is 0 Å². The SMILES string of the molecule is C[C@H](CCCC(C)(C)O)[C@H]1CC[C@H]2[C@@H]3CC=C4[C@@H](O)[C@@H](OCc5ccno5)CC[C@]4(C)[C@H]3CC[C@]12C. The van der Waals surface area contributed by atoms with E-state index in [1.54, 1.807) is 6.20 Å². The third kappa shape index (κ3) is 4.73. The van der Waals surface area contributed by atoms with Crippen LogP contribution in [0.1, 0.15) is 105 Å². The molecule has 5 rings (SSSR count). The number of aromatic nitrogens is 1. The van der Waals surface area contributed by atoms with Gasteiger partial charge in [0.25, 0.3) is 0 Å². The molecule has 1 aromatic heterocycles. The second kappa shape index (κ2) is 9.85. The molecule has 0 bridgehead atoms. The molecule has 1 aromatic rings. The minimum absolute atomic E-state index is 0.0895. The minimum atomic E-state index is -0.550. The van der Waals surface area contributed by atoms with Crippen LogP contribution in [0, 0.1) is 40.4 Å². The van der Waals surface area contributed by atoms with Crippen LogP contribution in [-0.2, 0) is 11.3 Å². The Kier molecular flexibility index (Phi) is 7.24. The van der Waals surface area contributed by atoms with E-state index in [-0.39, 0.29) is 11.5 Å². The molecule has 1 heterocycles. The van der Waals surface area contributed by atoms with Gasteiger partial charge in [-0.2, -0.15) is 0 Å². The van der Waals surface area contributed by atoms with E-state index in [1.165, 1.54) is 37.7 Å². The Balaban J connectivity index is 1.26. The Hall–Kier alpha value is -1.17. The van der Waals surface area contributed by atoms with Crippen LogP contribution in [0.4, 0.5) is 0 Å². The third-order valence-electron chi connectivity index (χ3n) is 11.3. The predicted octanol–water partition coefficient (Wildman–Crippen LogP) is 6.69. The summed E-state index contributed by atoms with van der Waals surface area (Å²) in [5.74, 6) is 4.45. The molecule has 0 saturated heterocycles. The van der Waals surface area contributed by atoms with Gasteiger partial charge in [-0.1, -0.05) is 44.8 Å². The van der Waals surface area contributed by atoms with Crippen molar-refractivity contribution in [2.45, 2.75) is 123 Å². The van der Waals surface area contributed by atoms with E-state index in [9.17, 15) is 10.2 Å². The Morgan fingerprint density at radius 2 is 1.97 bits per heavy atom. The van der Waals surface area contributed by atoms with Crippen LogP contribution in [0.5, 0.6) is 0 Å². The Bertz CT molecular complexity index is 920. The van der Waals surface area contributed by atoms with E-state index in [0.29, 0.717) is 23.7 Å². The summed E-state index contributed by atoms with van der Waals surface area (Å²) in [6.45, 7) is 11.8. The first kappa shape index (κ1) is 26.4. The third-order valence-corrected chi connectivity index (χ3v) is 11.3. The highest BCUT2D eigenvalue weighted by Crippen LogP contribution is 2.67. The van der Waals surface area contributed by atoms with Crippen LogP contribution in [-0.4, -0.2) is 33.2 Å². The summed E-state index contributed by atoms with van der Waals surface area (Å²) in [4.78, 5) is 0. The van der Waals surface area contributed by atoms with Crippen LogP contribution in [0.3, 0.4) is 0 Å². The lowest BCUT2D eigenvalue weighted by molar-refractivity contribution is -0.102. The second-order valence-electron chi connectivity index (χ2n) is 13.9. The number of fused-ring (bicyclic) bond motifs is 5. The molecule has 202 valence electrons. The molecule has 36 heavy (non-hydrogen) atoms. The monoisotopic (exact) mass is 499 g/mol. The number of allylic oxidation sites excluding steroid dienone is 1. The van der Waals surface area contributed by atoms with E-state index < -0.39 is 11.7 Å². The lowest BCUT2D eigenvalue weighted by atomic mass is 9.46. The lowest BCUT2D eigenvalue weighted by Gasteiger charge is -2.59. The fourth-order valence-corrected chi connectivity index (χ4v) is 9.42. The molecule has 5 heteroatoms. The van der Waals surface area contributed by atoms with E-state index in [0.717, 1.165) is 55.8 Å². The number of aliphatic hydroxyl groups is 2. The molecule has 0 aromatic carbocycles. The van der Waals surface area contributed by atoms with Gasteiger partial charge in [0, 0.05) is 6.07 Å². The fourth-order valence-electron chi connectivity index (χ4n) is 9.42. The largest absolute Gasteiger partial charge is 0.390 e. The highest BCUT2D eigenvalue weighted by atomic mass is 16.5. The standard InChI is InChI=1S/C31H49NO4/c1-20(7-6-15-29(2,3)34)23-10-11-24-22-8-9-26-28(33)27(35-19-21-14-18-32-36-21)13-17-31(26,5)25(22)12-16-30(23,24)4/h9,14,18,20,22-25,27-28,33-34H,6-8,10-13,15-17,19H2,1-5H3/t20-,22+,23-,24+,25+,27+,28-,30-,31-/m1/s1. The molecule has 5 nitrogen and oxygen atoms in total. The zero-order chi connectivity index (χ0) is 25.7. The molecule has 4 aliphatic rings. The van der Waals surface area contributed by atoms with Crippen molar-refractivity contribution in [2.75, 3.05) is 0 Å². The minimum Gasteiger partial charge on any atom is -0.390 e. The van der Waals surface area contributed by atoms with Crippen molar-refractivity contribution in [2.24, 2.45) is 40.4 Å². The average molecular weight is 500 g/mol. The average Bonchev–Trinajstić information content (AvgIpc) is 3.45. The number of hydrogen-bond acceptors (Lipinski definition) is 5. The highest BCUT2D eigenvalue weighted by Gasteiger charge is 2.60. The fraction of sp³-hybridized carbons (Fsp3) is 0.839. The number of hydrogen-bond donors (Lipinski definition) is 2. The molecule has 9 atom stereocenters. The first-order valence-electron chi connectivity index (χ1n) is 14.6. The normalized spacial score (nSPS) is 41.2. The molecular weight excluding hydrogens is 450 g/mol. The summed E-state index contributed by atoms with van der Waals surface area (Å²) in [5.41, 5.74) is 1.22. The molecule has 3 saturated carbocycles. The van der Waals surface area contributed by atoms with Crippen molar-refractivity contribution < 1.29 is 19.5 Å². The van der Waals surface area contributed by atoms with Crippen LogP contribution < -0.4 is 0 Å². The van der Waals surface area contributed by atoms with E-state index >= 15 is 0 Å². The van der Waals surface area contributed by atoms with Crippen LogP contribution in [0.15, 0.2) is 28.4 Å². The van der Waals surface area contributed by atoms with Gasteiger partial charge >= 0.3 is 0 Å². The maximum absolute atomic E-state index is 11.4. The number of aliphatic hydroxyl groups excluding tert-OH is 1. The molecule has 2 N–H and O–H groups in total. The number of rotatable bonds is 8. The highest BCUT2D eigenvalue weighted by molar-refractivity contribution is 5.29. The van der Waals surface area contributed by atoms with Gasteiger partial charge in [-0.3, -0.25) is 0 Å². The van der Waals surface area contributed by atoms with Crippen molar-refractivity contribution in [1.29, 1.82) is 0 Å². The summed E-state index contributed by atoms with van der Waals surface area (Å²) in [6, 6.07) is 1.83. The molecule has 0 spiro atoms. The topological polar surface area (TPSA) is 75.7 Å². The van der Waals surface area contributed by atoms with Crippen molar-refractivity contribution >= 4 is 0 Å². The summed E-state index contributed by atoms with van der Waals surface area (Å²) in [7, 11) is 0. The Morgan fingerprint density at radius 1 is 1.17 bits per heavy atom. The summed E-state index contributed by atoms with van der Waals surface area (Å²) in [5, 5.41) is 25.3. The molecule has 3 fully saturated rings. The van der Waals surface area contributed by atoms with Gasteiger partial charge in [0.1, 0.15) is 12.7 Å². The quantitative estimate of drug-likeness (QED) is 0.390. The lowest BCUT2D eigenvalue weighted by Crippen LogP contribution is -2.54. The summed E-state index contributed by atoms with van der Waals surface area (Å²) in [6.07, 6.45) is 15.1. The van der Waals surface area contributed by atoms with Crippen molar-refractivity contribution in [3.8, 4) is 0 Å². The molecule has 0 amide bonds. The number of ether oxygens (including phenoxy) is 1. The zero-order valence-corrected chi connectivity index (χ0v) is 23.2. The molecule has 0 unspecified atom stereocenters. The summed E-state index contributed by atoms with van der Waals surface area (Å²) < 4.78 is 11.3. The molecule has 0 radical (unpaired) electrons. The van der Waals surface area contributed by atoms with Gasteiger partial charge in [0.05, 0.1) is 17.9 Å². The van der Waals surface area contributed by atoms with Gasteiger partial charge in [0.2, 0.25) is 0 Å². The molecular formula is C31H49NO4. The first-order chi connectivity index (χ1) is 17.0. The van der Waals surface area contributed by atoms with Crippen LogP contribution in [0.25, 0.3) is 0 Å². The first-order valence-corrected chi connectivity index (χ1v) is 14.6. The van der Waals surface area contributed by atoms with E-state index in [1.807, 2.05) is 19.9 Å². The zero-order valence-electron chi connectivity index (χ0n) is 23.2. The number of nitrogens with zero attached hydrogens (tertiary/aromatic N) is 1. The van der Waals surface area contributed by atoms with Gasteiger partial charge in [-0.05, 0) is 111 Å². The van der Waals surface area contributed by atoms with Gasteiger partial charge < -0.3 is 19.5 Å². The maximum Gasteiger partial charge on any atom is 0.162 e. The summed E-state index contributed by atoms with van der Waals surface area (Å²) >= 11 is 0. The van der Waals surface area contributed by atoms with Gasteiger partial charge in [-0.25, -0.2) is 0 Å².